The van der Waals surface area contributed by atoms with Gasteiger partial charge in [-0.2, -0.15) is 0 Å². The number of nitrogens with one attached hydrogen (secondary N) is 1. The van der Waals surface area contributed by atoms with Crippen LogP contribution in [-0.4, -0.2) is 27.6 Å². The Morgan fingerprint density at radius 1 is 1.25 bits per heavy atom. The third-order valence-corrected chi connectivity index (χ3v) is 7.31. The minimum Gasteiger partial charge on any atom is -0.373 e. The molecule has 148 valence electrons. The van der Waals surface area contributed by atoms with Crippen molar-refractivity contribution in [3.8, 4) is 0 Å². The molecule has 1 saturated heterocycles. The monoisotopic (exact) mass is 396 g/mol. The van der Waals surface area contributed by atoms with Crippen LogP contribution < -0.4 is 10.2 Å². The van der Waals surface area contributed by atoms with Gasteiger partial charge in [0.2, 0.25) is 0 Å². The molecule has 2 N–H and O–H groups in total. The number of hydrogen-bond acceptors (Lipinski definition) is 5. The molecule has 1 atom stereocenters. The molecule has 2 aliphatic rings. The van der Waals surface area contributed by atoms with Gasteiger partial charge in [-0.3, -0.25) is 9.72 Å². The Balaban J connectivity index is 1.24. The normalized spacial score (nSPS) is 19.0. The van der Waals surface area contributed by atoms with Crippen molar-refractivity contribution >= 4 is 22.0 Å². The summed E-state index contributed by atoms with van der Waals surface area (Å²) in [6, 6.07) is 8.77. The molecule has 0 radical (unpaired) electrons. The predicted molar refractivity (Wildman–Crippen MR) is 114 cm³/mol. The largest absolute Gasteiger partial charge is 0.373 e. The molecule has 2 fully saturated rings. The lowest BCUT2D eigenvalue weighted by atomic mass is 9.63. The van der Waals surface area contributed by atoms with Crippen LogP contribution in [0, 0.1) is 12.3 Å². The second-order valence-electron chi connectivity index (χ2n) is 8.45. The van der Waals surface area contributed by atoms with E-state index in [2.05, 4.69) is 59.5 Å². The highest BCUT2D eigenvalue weighted by Gasteiger charge is 2.47. The van der Waals surface area contributed by atoms with Crippen LogP contribution in [0.25, 0.3) is 4.96 Å². The van der Waals surface area contributed by atoms with Gasteiger partial charge in [0, 0.05) is 41.8 Å². The van der Waals surface area contributed by atoms with E-state index in [9.17, 15) is 5.11 Å². The molecule has 1 spiro atoms. The highest BCUT2D eigenvalue weighted by Crippen LogP contribution is 2.49. The lowest BCUT2D eigenvalue weighted by molar-refractivity contribution is 0.0904. The van der Waals surface area contributed by atoms with Crippen LogP contribution in [0.4, 0.5) is 5.69 Å². The van der Waals surface area contributed by atoms with Crippen molar-refractivity contribution in [3.63, 3.8) is 0 Å². The van der Waals surface area contributed by atoms with E-state index in [-0.39, 0.29) is 0 Å². The molecule has 28 heavy (non-hydrogen) atoms. The van der Waals surface area contributed by atoms with Crippen LogP contribution in [0.3, 0.4) is 0 Å². The first-order valence-corrected chi connectivity index (χ1v) is 11.1. The van der Waals surface area contributed by atoms with Gasteiger partial charge < -0.3 is 10.0 Å². The van der Waals surface area contributed by atoms with Gasteiger partial charge in [-0.25, -0.2) is 4.98 Å². The Hall–Kier alpha value is -1.89. The van der Waals surface area contributed by atoms with Gasteiger partial charge in [-0.05, 0) is 43.9 Å². The number of benzene rings is 1. The molecule has 0 amide bonds. The number of aromatic nitrogens is 2. The maximum Gasteiger partial charge on any atom is 0.194 e. The Morgan fingerprint density at radius 3 is 2.64 bits per heavy atom. The molecule has 1 aliphatic carbocycles. The minimum absolute atomic E-state index is 0.630. The summed E-state index contributed by atoms with van der Waals surface area (Å²) in [7, 11) is 0. The number of anilines is 1. The van der Waals surface area contributed by atoms with Crippen molar-refractivity contribution in [2.75, 3.05) is 18.0 Å². The van der Waals surface area contributed by atoms with Crippen LogP contribution in [-0.2, 0) is 13.0 Å². The molecule has 6 heteroatoms. The third kappa shape index (κ3) is 3.04. The predicted octanol–water partition coefficient (Wildman–Crippen LogP) is 4.04. The van der Waals surface area contributed by atoms with Gasteiger partial charge in [0.15, 0.2) is 4.96 Å². The summed E-state index contributed by atoms with van der Waals surface area (Å²) in [4.78, 5) is 9.31. The molecule has 5 nitrogen and oxygen atoms in total. The maximum atomic E-state index is 10.8. The van der Waals surface area contributed by atoms with Crippen molar-refractivity contribution < 1.29 is 5.11 Å². The topological polar surface area (TPSA) is 52.8 Å². The van der Waals surface area contributed by atoms with E-state index in [4.69, 9.17) is 0 Å². The first-order chi connectivity index (χ1) is 13.6. The molecule has 1 aliphatic heterocycles. The Bertz CT molecular complexity index is 978. The average Bonchev–Trinajstić information content (AvgIpc) is 3.13. The van der Waals surface area contributed by atoms with E-state index in [1.165, 1.54) is 48.5 Å². The third-order valence-electron chi connectivity index (χ3n) is 6.42. The minimum atomic E-state index is -0.729. The zero-order valence-corrected chi connectivity index (χ0v) is 17.4. The first-order valence-electron chi connectivity index (χ1n) is 10.3. The van der Waals surface area contributed by atoms with Crippen LogP contribution in [0.15, 0.2) is 30.5 Å². The number of imidazole rings is 1. The Kier molecular flexibility index (Phi) is 4.45. The quantitative estimate of drug-likeness (QED) is 0.618. The van der Waals surface area contributed by atoms with Crippen LogP contribution in [0.2, 0.25) is 0 Å². The zero-order chi connectivity index (χ0) is 19.3. The lowest BCUT2D eigenvalue weighted by Gasteiger charge is -2.57. The second-order valence-corrected chi connectivity index (χ2v) is 9.66. The number of fused-ring (bicyclic) bond motifs is 1. The van der Waals surface area contributed by atoms with Gasteiger partial charge in [0.1, 0.15) is 6.23 Å². The SMILES string of the molecule is CCc1nc2sc(C)cn2c1[C@@H](O)NCc1ccc(N2CC3(CCC3)C2)cc1. The van der Waals surface area contributed by atoms with E-state index in [0.29, 0.717) is 12.0 Å². The zero-order valence-electron chi connectivity index (χ0n) is 16.6. The Morgan fingerprint density at radius 2 is 2.00 bits per heavy atom. The molecule has 5 rings (SSSR count). The summed E-state index contributed by atoms with van der Waals surface area (Å²) in [5, 5.41) is 14.1. The fraction of sp³-hybridized carbons (Fsp3) is 0.500. The molecule has 0 unspecified atom stereocenters. The number of rotatable bonds is 6. The standard InChI is InChI=1S/C22H28N4OS/c1-3-18-19(26-12-15(2)28-21(26)24-18)20(27)23-11-16-5-7-17(8-6-16)25-13-22(14-25)9-4-10-22/h5-8,12,20,23,27H,3-4,9-11,13-14H2,1-2H3/t20-/m1/s1. The van der Waals surface area contributed by atoms with Gasteiger partial charge in [-0.15, -0.1) is 11.3 Å². The molecule has 3 aromatic rings. The van der Waals surface area contributed by atoms with Crippen molar-refractivity contribution in [1.82, 2.24) is 14.7 Å². The maximum absolute atomic E-state index is 10.8. The lowest BCUT2D eigenvalue weighted by Crippen LogP contribution is -2.59. The van der Waals surface area contributed by atoms with Crippen LogP contribution in [0.1, 0.15) is 54.2 Å². The number of hydrogen-bond donors (Lipinski definition) is 2. The Labute approximate surface area is 170 Å². The fourth-order valence-electron chi connectivity index (χ4n) is 4.64. The van der Waals surface area contributed by atoms with Gasteiger partial charge in [0.25, 0.3) is 0 Å². The van der Waals surface area contributed by atoms with E-state index in [1.54, 1.807) is 11.3 Å². The number of aryl methyl sites for hydroxylation is 2. The van der Waals surface area contributed by atoms with Gasteiger partial charge >= 0.3 is 0 Å². The molecule has 3 heterocycles. The summed E-state index contributed by atoms with van der Waals surface area (Å²) >= 11 is 1.66. The van der Waals surface area contributed by atoms with E-state index in [1.807, 2.05) is 4.40 Å². The molecule has 2 aromatic heterocycles. The van der Waals surface area contributed by atoms with Crippen molar-refractivity contribution in [1.29, 1.82) is 0 Å². The summed E-state index contributed by atoms with van der Waals surface area (Å²) in [6.07, 6.45) is 6.38. The summed E-state index contributed by atoms with van der Waals surface area (Å²) in [5.74, 6) is 0. The average molecular weight is 397 g/mol. The summed E-state index contributed by atoms with van der Waals surface area (Å²) in [6.45, 7) is 7.23. The fourth-order valence-corrected chi connectivity index (χ4v) is 5.49. The highest BCUT2D eigenvalue weighted by molar-refractivity contribution is 7.17. The van der Waals surface area contributed by atoms with Crippen LogP contribution >= 0.6 is 11.3 Å². The molecular weight excluding hydrogens is 368 g/mol. The van der Waals surface area contributed by atoms with Crippen molar-refractivity contribution in [2.24, 2.45) is 5.41 Å². The second kappa shape index (κ2) is 6.87. The van der Waals surface area contributed by atoms with Crippen molar-refractivity contribution in [3.05, 3.63) is 52.3 Å². The highest BCUT2D eigenvalue weighted by atomic mass is 32.1. The molecule has 1 aromatic carbocycles. The summed E-state index contributed by atoms with van der Waals surface area (Å²) in [5.41, 5.74) is 4.98. The van der Waals surface area contributed by atoms with Crippen LogP contribution in [0.5, 0.6) is 0 Å². The molecule has 0 bridgehead atoms. The molecule has 1 saturated carbocycles. The first kappa shape index (κ1) is 18.2. The van der Waals surface area contributed by atoms with E-state index >= 15 is 0 Å². The number of aliphatic hydroxyl groups excluding tert-OH is 1. The van der Waals surface area contributed by atoms with Gasteiger partial charge in [-0.1, -0.05) is 25.5 Å². The number of aliphatic hydroxyl groups is 1. The smallest absolute Gasteiger partial charge is 0.194 e. The number of nitrogens with zero attached hydrogens (tertiary/aromatic N) is 3. The van der Waals surface area contributed by atoms with Crippen molar-refractivity contribution in [2.45, 2.75) is 52.3 Å². The summed E-state index contributed by atoms with van der Waals surface area (Å²) < 4.78 is 2.03. The van der Waals surface area contributed by atoms with E-state index in [0.717, 1.165) is 22.8 Å². The van der Waals surface area contributed by atoms with Gasteiger partial charge in [0.05, 0.1) is 11.4 Å². The van der Waals surface area contributed by atoms with E-state index < -0.39 is 6.23 Å². The number of thiazole rings is 1. The molecular formula is C22H28N4OS.